The summed E-state index contributed by atoms with van der Waals surface area (Å²) in [6.45, 7) is 4.37. The molecule has 1 fully saturated rings. The zero-order valence-electron chi connectivity index (χ0n) is 18.5. The van der Waals surface area contributed by atoms with E-state index in [0.29, 0.717) is 25.6 Å². The van der Waals surface area contributed by atoms with Gasteiger partial charge in [-0.15, -0.1) is 0 Å². The molecular formula is C25H32N4O3. The number of hydrogen-bond acceptors (Lipinski definition) is 5. The third-order valence-electron chi connectivity index (χ3n) is 5.22. The first kappa shape index (κ1) is 23.5. The highest BCUT2D eigenvalue weighted by Crippen LogP contribution is 2.15. The summed E-state index contributed by atoms with van der Waals surface area (Å²) >= 11 is 0. The number of likely N-dealkylation sites (tertiary alicyclic amines) is 1. The number of hydrogen-bond donors (Lipinski definition) is 2. The molecule has 1 aliphatic rings. The van der Waals surface area contributed by atoms with E-state index in [9.17, 15) is 9.59 Å². The first-order valence-corrected chi connectivity index (χ1v) is 11.2. The van der Waals surface area contributed by atoms with Crippen molar-refractivity contribution in [3.05, 3.63) is 71.9 Å². The van der Waals surface area contributed by atoms with Crippen molar-refractivity contribution in [3.63, 3.8) is 0 Å². The lowest BCUT2D eigenvalue weighted by molar-refractivity contribution is -0.129. The quantitative estimate of drug-likeness (QED) is 0.418. The number of carbonyl (C=O) groups excluding carboxylic acids is 2. The Morgan fingerprint density at radius 2 is 1.75 bits per heavy atom. The van der Waals surface area contributed by atoms with Gasteiger partial charge < -0.3 is 15.4 Å². The number of aromatic nitrogens is 1. The number of ether oxygens (including phenoxy) is 1. The molecule has 0 atom stereocenters. The third kappa shape index (κ3) is 8.89. The molecule has 1 aliphatic heterocycles. The number of carbonyl (C=O) groups is 2. The van der Waals surface area contributed by atoms with E-state index < -0.39 is 0 Å². The average molecular weight is 437 g/mol. The van der Waals surface area contributed by atoms with Gasteiger partial charge in [-0.05, 0) is 49.2 Å². The van der Waals surface area contributed by atoms with Gasteiger partial charge in [0.05, 0.1) is 0 Å². The fourth-order valence-electron chi connectivity index (χ4n) is 3.53. The van der Waals surface area contributed by atoms with E-state index >= 15 is 0 Å². The zero-order valence-corrected chi connectivity index (χ0v) is 18.5. The smallest absolute Gasteiger partial charge is 0.229 e. The minimum Gasteiger partial charge on any atom is -0.473 e. The van der Waals surface area contributed by atoms with Crippen molar-refractivity contribution in [2.75, 3.05) is 26.2 Å². The molecule has 2 amide bonds. The van der Waals surface area contributed by atoms with Crippen molar-refractivity contribution in [1.82, 2.24) is 20.5 Å². The molecule has 170 valence electrons. The summed E-state index contributed by atoms with van der Waals surface area (Å²) in [7, 11) is 0. The van der Waals surface area contributed by atoms with E-state index in [4.69, 9.17) is 4.74 Å². The van der Waals surface area contributed by atoms with Crippen LogP contribution in [-0.4, -0.2) is 47.9 Å². The van der Waals surface area contributed by atoms with Crippen LogP contribution in [0.3, 0.4) is 0 Å². The molecule has 1 aromatic carbocycles. The van der Waals surface area contributed by atoms with E-state index in [1.807, 2.05) is 48.5 Å². The van der Waals surface area contributed by atoms with Crippen molar-refractivity contribution in [3.8, 4) is 5.88 Å². The van der Waals surface area contributed by atoms with Gasteiger partial charge >= 0.3 is 0 Å². The Labute approximate surface area is 189 Å². The maximum Gasteiger partial charge on any atom is 0.229 e. The molecule has 2 N–H and O–H groups in total. The van der Waals surface area contributed by atoms with Gasteiger partial charge in [-0.1, -0.05) is 42.8 Å². The maximum absolute atomic E-state index is 11.9. The minimum atomic E-state index is -0.312. The van der Waals surface area contributed by atoms with Gasteiger partial charge in [0.15, 0.2) is 0 Å². The number of nitrogens with zero attached hydrogens (tertiary/aromatic N) is 2. The summed E-state index contributed by atoms with van der Waals surface area (Å²) in [5.41, 5.74) is 2.20. The fraction of sp³-hybridized carbons (Fsp3) is 0.400. The van der Waals surface area contributed by atoms with Crippen molar-refractivity contribution < 1.29 is 14.3 Å². The van der Waals surface area contributed by atoms with Crippen LogP contribution in [0.5, 0.6) is 5.88 Å². The van der Waals surface area contributed by atoms with Crippen molar-refractivity contribution >= 4 is 11.8 Å². The summed E-state index contributed by atoms with van der Waals surface area (Å²) in [6, 6.07) is 13.6. The lowest BCUT2D eigenvalue weighted by Gasteiger charge is -2.26. The summed E-state index contributed by atoms with van der Waals surface area (Å²) in [5, 5.41) is 5.44. The van der Waals surface area contributed by atoms with Gasteiger partial charge in [-0.2, -0.15) is 0 Å². The average Bonchev–Trinajstić information content (AvgIpc) is 2.81. The molecule has 0 saturated carbocycles. The molecule has 0 bridgehead atoms. The second-order valence-corrected chi connectivity index (χ2v) is 7.86. The number of amides is 2. The molecule has 7 heteroatoms. The van der Waals surface area contributed by atoms with Crippen LogP contribution in [-0.2, 0) is 22.7 Å². The molecule has 32 heavy (non-hydrogen) atoms. The molecule has 1 aromatic heterocycles. The topological polar surface area (TPSA) is 83.6 Å². The van der Waals surface area contributed by atoms with Crippen molar-refractivity contribution in [1.29, 1.82) is 0 Å². The van der Waals surface area contributed by atoms with Crippen LogP contribution in [0.4, 0.5) is 0 Å². The number of piperidine rings is 1. The normalized spacial score (nSPS) is 14.2. The molecule has 0 unspecified atom stereocenters. The lowest BCUT2D eigenvalue weighted by atomic mass is 10.1. The van der Waals surface area contributed by atoms with Crippen molar-refractivity contribution in [2.24, 2.45) is 0 Å². The summed E-state index contributed by atoms with van der Waals surface area (Å²) in [4.78, 5) is 30.4. The van der Waals surface area contributed by atoms with E-state index in [2.05, 4.69) is 20.5 Å². The number of pyridine rings is 1. The van der Waals surface area contributed by atoms with Crippen LogP contribution >= 0.6 is 0 Å². The predicted octanol–water partition coefficient (Wildman–Crippen LogP) is 2.83. The molecule has 2 aromatic rings. The highest BCUT2D eigenvalue weighted by Gasteiger charge is 2.11. The molecule has 0 radical (unpaired) electrons. The molecule has 0 spiro atoms. The molecular weight excluding hydrogens is 404 g/mol. The maximum atomic E-state index is 11.9. The zero-order chi connectivity index (χ0) is 22.4. The Hall–Kier alpha value is -3.19. The Balaban J connectivity index is 1.28. The number of rotatable bonds is 11. The molecule has 2 heterocycles. The molecule has 3 rings (SSSR count). The highest BCUT2D eigenvalue weighted by molar-refractivity contribution is 5.96. The van der Waals surface area contributed by atoms with Crippen LogP contribution in [0.25, 0.3) is 0 Å². The van der Waals surface area contributed by atoms with E-state index in [1.54, 1.807) is 12.3 Å². The minimum absolute atomic E-state index is 0.190. The molecule has 7 nitrogen and oxygen atoms in total. The lowest BCUT2D eigenvalue weighted by Crippen LogP contribution is -2.31. The van der Waals surface area contributed by atoms with Gasteiger partial charge in [0, 0.05) is 31.9 Å². The van der Waals surface area contributed by atoms with E-state index in [0.717, 1.165) is 25.2 Å². The van der Waals surface area contributed by atoms with Gasteiger partial charge in [0.25, 0.3) is 0 Å². The first-order valence-electron chi connectivity index (χ1n) is 11.2. The summed E-state index contributed by atoms with van der Waals surface area (Å²) < 4.78 is 5.69. The van der Waals surface area contributed by atoms with Crippen LogP contribution in [0.2, 0.25) is 0 Å². The first-order chi connectivity index (χ1) is 15.7. The molecule has 0 aliphatic carbocycles. The Bertz CT molecular complexity index is 880. The summed E-state index contributed by atoms with van der Waals surface area (Å²) in [6.07, 6.45) is 9.09. The van der Waals surface area contributed by atoms with Crippen LogP contribution in [0.1, 0.15) is 36.8 Å². The van der Waals surface area contributed by atoms with Gasteiger partial charge in [-0.3, -0.25) is 14.5 Å². The van der Waals surface area contributed by atoms with Gasteiger partial charge in [0.2, 0.25) is 17.7 Å². The predicted molar refractivity (Wildman–Crippen MR) is 124 cm³/mol. The largest absolute Gasteiger partial charge is 0.473 e. The summed E-state index contributed by atoms with van der Waals surface area (Å²) in [5.74, 6) is -0.00864. The Kier molecular flexibility index (Phi) is 9.73. The number of benzene rings is 1. The second-order valence-electron chi connectivity index (χ2n) is 7.86. The van der Waals surface area contributed by atoms with Gasteiger partial charge in [-0.25, -0.2) is 4.98 Å². The van der Waals surface area contributed by atoms with Crippen LogP contribution in [0, 0.1) is 0 Å². The highest BCUT2D eigenvalue weighted by atomic mass is 16.5. The fourth-order valence-corrected chi connectivity index (χ4v) is 3.53. The van der Waals surface area contributed by atoms with E-state index in [-0.39, 0.29) is 18.2 Å². The van der Waals surface area contributed by atoms with E-state index in [1.165, 1.54) is 24.8 Å². The number of nitrogens with one attached hydrogen (secondary N) is 2. The van der Waals surface area contributed by atoms with Crippen LogP contribution in [0.15, 0.2) is 60.8 Å². The Morgan fingerprint density at radius 3 is 2.56 bits per heavy atom. The Morgan fingerprint density at radius 1 is 0.969 bits per heavy atom. The SMILES string of the molecule is O=C(CC(=O)NCc1ccccc1)NC/C=C\COc1cc(CN2CCCCC2)ccn1. The van der Waals surface area contributed by atoms with Crippen molar-refractivity contribution in [2.45, 2.75) is 38.8 Å². The molecule has 1 saturated heterocycles. The standard InChI is InChI=1S/C25H32N4O3/c30-23(18-24(31)28-19-21-9-3-1-4-10-21)26-12-5-8-16-32-25-17-22(11-13-27-25)20-29-14-6-2-7-15-29/h1,3-5,8-11,13,17H,2,6-7,12,14-16,18-20H2,(H,26,30)(H,28,31)/b8-5-. The van der Waals surface area contributed by atoms with Crippen LogP contribution < -0.4 is 15.4 Å². The third-order valence-corrected chi connectivity index (χ3v) is 5.22. The second kappa shape index (κ2) is 13.3. The van der Waals surface area contributed by atoms with Gasteiger partial charge in [0.1, 0.15) is 13.0 Å². The monoisotopic (exact) mass is 436 g/mol.